The number of ether oxygens (including phenoxy) is 5. The predicted molar refractivity (Wildman–Crippen MR) is 98.9 cm³/mol. The Bertz CT molecular complexity index is 365. The number of unbranched alkanes of at least 4 members (excludes halogenated alkanes) is 1. The minimum atomic E-state index is -0.852. The van der Waals surface area contributed by atoms with Gasteiger partial charge in [0.15, 0.2) is 0 Å². The molecule has 0 aliphatic heterocycles. The third-order valence-electron chi connectivity index (χ3n) is 3.31. The van der Waals surface area contributed by atoms with E-state index in [4.69, 9.17) is 28.8 Å². The first-order valence-corrected chi connectivity index (χ1v) is 9.35. The lowest BCUT2D eigenvalue weighted by Gasteiger charge is -2.10. The molecule has 0 aromatic heterocycles. The first-order chi connectivity index (χ1) is 13.0. The van der Waals surface area contributed by atoms with Crippen LogP contribution in [0.5, 0.6) is 0 Å². The second-order valence-corrected chi connectivity index (χ2v) is 6.07. The van der Waals surface area contributed by atoms with Gasteiger partial charge in [-0.25, -0.2) is 0 Å². The molecule has 0 unspecified atom stereocenters. The Labute approximate surface area is 161 Å². The molecule has 0 aromatic rings. The van der Waals surface area contributed by atoms with Crippen molar-refractivity contribution in [3.05, 3.63) is 0 Å². The molecule has 9 nitrogen and oxygen atoms in total. The summed E-state index contributed by atoms with van der Waals surface area (Å²) in [5, 5.41) is 8.48. The van der Waals surface area contributed by atoms with Gasteiger partial charge in [-0.15, -0.1) is 0 Å². The molecule has 0 bridgehead atoms. The Morgan fingerprint density at radius 2 is 1.15 bits per heavy atom. The van der Waals surface area contributed by atoms with Gasteiger partial charge in [0.1, 0.15) is 6.61 Å². The molecule has 27 heavy (non-hydrogen) atoms. The number of nitrogens with zero attached hydrogens (tertiary/aromatic N) is 1. The largest absolute Gasteiger partial charge is 0.481 e. The van der Waals surface area contributed by atoms with Crippen LogP contribution in [0.15, 0.2) is 0 Å². The van der Waals surface area contributed by atoms with Gasteiger partial charge in [0.25, 0.3) is 0 Å². The van der Waals surface area contributed by atoms with Gasteiger partial charge in [0, 0.05) is 19.4 Å². The Kier molecular flexibility index (Phi) is 18.6. The average Bonchev–Trinajstić information content (AvgIpc) is 2.61. The molecule has 0 amide bonds. The van der Waals surface area contributed by atoms with Crippen LogP contribution in [0.2, 0.25) is 0 Å². The van der Waals surface area contributed by atoms with Crippen LogP contribution >= 0.6 is 0 Å². The van der Waals surface area contributed by atoms with E-state index in [2.05, 4.69) is 4.90 Å². The number of esters is 1. The SMILES string of the molecule is CN(C)CCOCCOCCOCCOCCOC(=O)CCCCC(=O)O. The Morgan fingerprint density at radius 3 is 1.63 bits per heavy atom. The van der Waals surface area contributed by atoms with Crippen LogP contribution in [0.25, 0.3) is 0 Å². The summed E-state index contributed by atoms with van der Waals surface area (Å²) in [6.45, 7) is 5.10. The number of rotatable bonds is 20. The molecule has 0 fully saturated rings. The zero-order valence-corrected chi connectivity index (χ0v) is 16.7. The second kappa shape index (κ2) is 19.5. The molecule has 0 heterocycles. The van der Waals surface area contributed by atoms with Gasteiger partial charge in [-0.1, -0.05) is 0 Å². The van der Waals surface area contributed by atoms with E-state index in [1.54, 1.807) is 0 Å². The number of hydrogen-bond acceptors (Lipinski definition) is 8. The molecule has 0 atom stereocenters. The summed E-state index contributed by atoms with van der Waals surface area (Å²) >= 11 is 0. The highest BCUT2D eigenvalue weighted by Crippen LogP contribution is 2.01. The van der Waals surface area contributed by atoms with Crippen molar-refractivity contribution >= 4 is 11.9 Å². The molecule has 0 aromatic carbocycles. The van der Waals surface area contributed by atoms with E-state index in [1.165, 1.54) is 0 Å². The normalized spacial score (nSPS) is 11.1. The smallest absolute Gasteiger partial charge is 0.305 e. The number of hydrogen-bond donors (Lipinski definition) is 1. The number of likely N-dealkylation sites (N-methyl/N-ethyl adjacent to an activating group) is 1. The van der Waals surface area contributed by atoms with Crippen molar-refractivity contribution in [2.24, 2.45) is 0 Å². The van der Waals surface area contributed by atoms with Gasteiger partial charge in [-0.3, -0.25) is 9.59 Å². The first-order valence-electron chi connectivity index (χ1n) is 9.35. The van der Waals surface area contributed by atoms with E-state index < -0.39 is 5.97 Å². The Morgan fingerprint density at radius 1 is 0.704 bits per heavy atom. The fraction of sp³-hybridized carbons (Fsp3) is 0.889. The highest BCUT2D eigenvalue weighted by Gasteiger charge is 2.04. The van der Waals surface area contributed by atoms with Crippen LogP contribution < -0.4 is 0 Å². The van der Waals surface area contributed by atoms with Gasteiger partial charge < -0.3 is 33.7 Å². The average molecular weight is 393 g/mol. The van der Waals surface area contributed by atoms with Crippen molar-refractivity contribution in [2.75, 3.05) is 80.1 Å². The fourth-order valence-electron chi connectivity index (χ4n) is 1.84. The summed E-state index contributed by atoms with van der Waals surface area (Å²) in [6.07, 6.45) is 1.30. The summed E-state index contributed by atoms with van der Waals surface area (Å²) in [5.41, 5.74) is 0. The Hall–Kier alpha value is -1.26. The van der Waals surface area contributed by atoms with Gasteiger partial charge in [0.05, 0.1) is 52.9 Å². The van der Waals surface area contributed by atoms with Crippen LogP contribution in [0.3, 0.4) is 0 Å². The van der Waals surface area contributed by atoms with E-state index in [0.29, 0.717) is 65.7 Å². The summed E-state index contributed by atoms with van der Waals surface area (Å²) in [6, 6.07) is 0. The van der Waals surface area contributed by atoms with Gasteiger partial charge in [0.2, 0.25) is 0 Å². The van der Waals surface area contributed by atoms with Gasteiger partial charge >= 0.3 is 11.9 Å². The molecule has 160 valence electrons. The minimum absolute atomic E-state index is 0.0754. The monoisotopic (exact) mass is 393 g/mol. The highest BCUT2D eigenvalue weighted by atomic mass is 16.6. The maximum absolute atomic E-state index is 11.4. The maximum Gasteiger partial charge on any atom is 0.305 e. The number of carbonyl (C=O) groups excluding carboxylic acids is 1. The fourth-order valence-corrected chi connectivity index (χ4v) is 1.84. The predicted octanol–water partition coefficient (Wildman–Crippen LogP) is 0.803. The Balaban J connectivity index is 3.14. The van der Waals surface area contributed by atoms with E-state index in [0.717, 1.165) is 6.54 Å². The van der Waals surface area contributed by atoms with Crippen molar-refractivity contribution in [1.29, 1.82) is 0 Å². The number of aliphatic carboxylic acids is 1. The molecule has 0 aliphatic carbocycles. The molecule has 0 spiro atoms. The lowest BCUT2D eigenvalue weighted by atomic mass is 10.2. The van der Waals surface area contributed by atoms with Crippen LogP contribution in [0.4, 0.5) is 0 Å². The van der Waals surface area contributed by atoms with Crippen LogP contribution in [-0.2, 0) is 33.3 Å². The summed E-state index contributed by atoms with van der Waals surface area (Å²) < 4.78 is 26.4. The van der Waals surface area contributed by atoms with Gasteiger partial charge in [-0.05, 0) is 26.9 Å². The molecule has 1 N–H and O–H groups in total. The van der Waals surface area contributed by atoms with E-state index >= 15 is 0 Å². The number of carboxylic acids is 1. The molecule has 0 saturated heterocycles. The number of carboxylic acid groups (broad SMARTS) is 1. The minimum Gasteiger partial charge on any atom is -0.481 e. The quantitative estimate of drug-likeness (QED) is 0.238. The second-order valence-electron chi connectivity index (χ2n) is 6.07. The van der Waals surface area contributed by atoms with E-state index in [9.17, 15) is 9.59 Å². The van der Waals surface area contributed by atoms with Crippen molar-refractivity contribution in [3.63, 3.8) is 0 Å². The zero-order chi connectivity index (χ0) is 20.2. The molecule has 0 saturated carbocycles. The maximum atomic E-state index is 11.4. The van der Waals surface area contributed by atoms with Crippen LogP contribution in [-0.4, -0.2) is 102 Å². The summed E-state index contributed by atoms with van der Waals surface area (Å²) in [7, 11) is 4.00. The topological polar surface area (TPSA) is 104 Å². The molecule has 0 radical (unpaired) electrons. The summed E-state index contributed by atoms with van der Waals surface area (Å²) in [5.74, 6) is -1.18. The van der Waals surface area contributed by atoms with Crippen molar-refractivity contribution in [3.8, 4) is 0 Å². The standard InChI is InChI=1S/C18H35NO8/c1-19(2)7-8-23-9-10-24-11-12-25-13-14-26-15-16-27-18(22)6-4-3-5-17(20)21/h3-16H2,1-2H3,(H,20,21). The molecule has 0 aliphatic rings. The third-order valence-corrected chi connectivity index (χ3v) is 3.31. The van der Waals surface area contributed by atoms with Crippen LogP contribution in [0, 0.1) is 0 Å². The van der Waals surface area contributed by atoms with Crippen molar-refractivity contribution in [1.82, 2.24) is 4.90 Å². The summed E-state index contributed by atoms with van der Waals surface area (Å²) in [4.78, 5) is 23.7. The molecular formula is C18H35NO8. The molecule has 0 rings (SSSR count). The molecular weight excluding hydrogens is 358 g/mol. The zero-order valence-electron chi connectivity index (χ0n) is 16.7. The van der Waals surface area contributed by atoms with Crippen molar-refractivity contribution < 1.29 is 38.4 Å². The highest BCUT2D eigenvalue weighted by molar-refractivity contribution is 5.69. The van der Waals surface area contributed by atoms with Crippen molar-refractivity contribution in [2.45, 2.75) is 25.7 Å². The van der Waals surface area contributed by atoms with Crippen LogP contribution in [0.1, 0.15) is 25.7 Å². The van der Waals surface area contributed by atoms with Gasteiger partial charge in [-0.2, -0.15) is 0 Å². The number of carbonyl (C=O) groups is 2. The molecule has 9 heteroatoms. The van der Waals surface area contributed by atoms with E-state index in [1.807, 2.05) is 14.1 Å². The third kappa shape index (κ3) is 22.7. The first kappa shape index (κ1) is 25.7. The lowest BCUT2D eigenvalue weighted by molar-refractivity contribution is -0.146. The van der Waals surface area contributed by atoms with E-state index in [-0.39, 0.29) is 25.4 Å². The lowest BCUT2D eigenvalue weighted by Crippen LogP contribution is -2.19.